The SMILES string of the molecule is CNC(=O)C(NC(=O)C1CCN(C(=O)OC(C)(C)C)CC1)c1ccc(F)c(F)c1. The first kappa shape index (κ1) is 22.6. The zero-order valence-corrected chi connectivity index (χ0v) is 17.1. The van der Waals surface area contributed by atoms with Gasteiger partial charge in [0.25, 0.3) is 0 Å². The summed E-state index contributed by atoms with van der Waals surface area (Å²) < 4.78 is 32.1. The zero-order chi connectivity index (χ0) is 21.8. The zero-order valence-electron chi connectivity index (χ0n) is 17.1. The predicted molar refractivity (Wildman–Crippen MR) is 102 cm³/mol. The highest BCUT2D eigenvalue weighted by Gasteiger charge is 2.32. The Bertz CT molecular complexity index is 771. The van der Waals surface area contributed by atoms with Crippen molar-refractivity contribution in [2.24, 2.45) is 5.92 Å². The van der Waals surface area contributed by atoms with Gasteiger partial charge in [-0.2, -0.15) is 0 Å². The van der Waals surface area contributed by atoms with E-state index in [1.807, 2.05) is 0 Å². The van der Waals surface area contributed by atoms with Gasteiger partial charge in [0.2, 0.25) is 11.8 Å². The molecule has 1 heterocycles. The van der Waals surface area contributed by atoms with Crippen LogP contribution in [0.2, 0.25) is 0 Å². The molecule has 9 heteroatoms. The minimum absolute atomic E-state index is 0.141. The second kappa shape index (κ2) is 9.19. The summed E-state index contributed by atoms with van der Waals surface area (Å²) in [6.45, 7) is 6.04. The van der Waals surface area contributed by atoms with Crippen LogP contribution in [0.25, 0.3) is 0 Å². The molecular formula is C20H27F2N3O4. The summed E-state index contributed by atoms with van der Waals surface area (Å²) in [4.78, 5) is 38.5. The molecule has 2 rings (SSSR count). The molecule has 0 radical (unpaired) electrons. The fraction of sp³-hybridized carbons (Fsp3) is 0.550. The number of halogens is 2. The number of benzene rings is 1. The number of nitrogens with one attached hydrogen (secondary N) is 2. The van der Waals surface area contributed by atoms with Crippen molar-refractivity contribution in [2.75, 3.05) is 20.1 Å². The van der Waals surface area contributed by atoms with Crippen LogP contribution in [0, 0.1) is 17.6 Å². The van der Waals surface area contributed by atoms with Gasteiger partial charge in [-0.25, -0.2) is 13.6 Å². The van der Waals surface area contributed by atoms with Crippen molar-refractivity contribution in [3.05, 3.63) is 35.4 Å². The molecule has 1 fully saturated rings. The van der Waals surface area contributed by atoms with Crippen LogP contribution < -0.4 is 10.6 Å². The predicted octanol–water partition coefficient (Wildman–Crippen LogP) is 2.52. The first-order valence-electron chi connectivity index (χ1n) is 9.46. The molecule has 0 aromatic heterocycles. The van der Waals surface area contributed by atoms with Gasteiger partial charge < -0.3 is 20.3 Å². The molecule has 1 saturated heterocycles. The average Bonchev–Trinajstić information content (AvgIpc) is 2.66. The van der Waals surface area contributed by atoms with Crippen LogP contribution in [0.1, 0.15) is 45.2 Å². The van der Waals surface area contributed by atoms with Gasteiger partial charge in [-0.05, 0) is 51.3 Å². The van der Waals surface area contributed by atoms with Gasteiger partial charge in [-0.1, -0.05) is 6.07 Å². The lowest BCUT2D eigenvalue weighted by Gasteiger charge is -2.33. The van der Waals surface area contributed by atoms with E-state index in [1.165, 1.54) is 13.1 Å². The third kappa shape index (κ3) is 6.13. The van der Waals surface area contributed by atoms with E-state index in [0.717, 1.165) is 12.1 Å². The Morgan fingerprint density at radius 3 is 2.28 bits per heavy atom. The minimum atomic E-state index is -1.15. The molecule has 1 aliphatic heterocycles. The number of nitrogens with zero attached hydrogens (tertiary/aromatic N) is 1. The van der Waals surface area contributed by atoms with Gasteiger partial charge in [-0.15, -0.1) is 0 Å². The van der Waals surface area contributed by atoms with E-state index >= 15 is 0 Å². The molecule has 0 spiro atoms. The molecule has 160 valence electrons. The molecule has 1 aromatic carbocycles. The molecule has 1 aromatic rings. The normalized spacial score (nSPS) is 16.1. The van der Waals surface area contributed by atoms with Crippen molar-refractivity contribution < 1.29 is 27.9 Å². The van der Waals surface area contributed by atoms with Crippen LogP contribution in [-0.2, 0) is 14.3 Å². The van der Waals surface area contributed by atoms with Crippen molar-refractivity contribution in [3.8, 4) is 0 Å². The van der Waals surface area contributed by atoms with Crippen molar-refractivity contribution in [2.45, 2.75) is 45.3 Å². The van der Waals surface area contributed by atoms with Crippen molar-refractivity contribution in [1.29, 1.82) is 0 Å². The number of likely N-dealkylation sites (N-methyl/N-ethyl adjacent to an activating group) is 1. The Hall–Kier alpha value is -2.71. The topological polar surface area (TPSA) is 87.7 Å². The van der Waals surface area contributed by atoms with Crippen LogP contribution in [0.5, 0.6) is 0 Å². The van der Waals surface area contributed by atoms with E-state index in [4.69, 9.17) is 4.74 Å². The number of likely N-dealkylation sites (tertiary alicyclic amines) is 1. The van der Waals surface area contributed by atoms with E-state index < -0.39 is 41.2 Å². The van der Waals surface area contributed by atoms with Crippen LogP contribution in [-0.4, -0.2) is 48.5 Å². The van der Waals surface area contributed by atoms with Gasteiger partial charge in [0.05, 0.1) is 0 Å². The molecule has 7 nitrogen and oxygen atoms in total. The second-order valence-corrected chi connectivity index (χ2v) is 7.97. The fourth-order valence-electron chi connectivity index (χ4n) is 3.05. The largest absolute Gasteiger partial charge is 0.444 e. The quantitative estimate of drug-likeness (QED) is 0.797. The molecule has 29 heavy (non-hydrogen) atoms. The van der Waals surface area contributed by atoms with E-state index in [9.17, 15) is 23.2 Å². The standard InChI is InChI=1S/C20H27F2N3O4/c1-20(2,3)29-19(28)25-9-7-12(8-10-25)17(26)24-16(18(27)23-4)13-5-6-14(21)15(22)11-13/h5-6,11-12,16H,7-10H2,1-4H3,(H,23,27)(H,24,26). The Morgan fingerprint density at radius 2 is 1.76 bits per heavy atom. The number of carbonyl (C=O) groups excluding carboxylic acids is 3. The molecular weight excluding hydrogens is 384 g/mol. The number of ether oxygens (including phenoxy) is 1. The Kier molecular flexibility index (Phi) is 7.16. The molecule has 1 atom stereocenters. The van der Waals surface area contributed by atoms with Gasteiger partial charge in [0.1, 0.15) is 11.6 Å². The number of hydrogen-bond donors (Lipinski definition) is 2. The van der Waals surface area contributed by atoms with E-state index in [1.54, 1.807) is 25.7 Å². The van der Waals surface area contributed by atoms with E-state index in [0.29, 0.717) is 25.9 Å². The van der Waals surface area contributed by atoms with Crippen LogP contribution >= 0.6 is 0 Å². The van der Waals surface area contributed by atoms with Crippen LogP contribution in [0.3, 0.4) is 0 Å². The first-order chi connectivity index (χ1) is 13.5. The Morgan fingerprint density at radius 1 is 1.14 bits per heavy atom. The summed E-state index contributed by atoms with van der Waals surface area (Å²) in [7, 11) is 1.39. The minimum Gasteiger partial charge on any atom is -0.444 e. The summed E-state index contributed by atoms with van der Waals surface area (Å²) in [6, 6.07) is 1.91. The first-order valence-corrected chi connectivity index (χ1v) is 9.46. The van der Waals surface area contributed by atoms with Gasteiger partial charge >= 0.3 is 6.09 Å². The van der Waals surface area contributed by atoms with Crippen LogP contribution in [0.15, 0.2) is 18.2 Å². The Labute approximate surface area is 168 Å². The summed E-state index contributed by atoms with van der Waals surface area (Å²) in [6.07, 6.45) is 0.383. The average molecular weight is 411 g/mol. The summed E-state index contributed by atoms with van der Waals surface area (Å²) >= 11 is 0. The highest BCUT2D eigenvalue weighted by atomic mass is 19.2. The maximum atomic E-state index is 13.6. The maximum absolute atomic E-state index is 13.6. The van der Waals surface area contributed by atoms with Crippen LogP contribution in [0.4, 0.5) is 13.6 Å². The van der Waals surface area contributed by atoms with E-state index in [2.05, 4.69) is 10.6 Å². The van der Waals surface area contributed by atoms with Crippen molar-refractivity contribution >= 4 is 17.9 Å². The highest BCUT2D eigenvalue weighted by molar-refractivity contribution is 5.89. The smallest absolute Gasteiger partial charge is 0.410 e. The van der Waals surface area contributed by atoms with Gasteiger partial charge in [-0.3, -0.25) is 9.59 Å². The second-order valence-electron chi connectivity index (χ2n) is 7.97. The number of amides is 3. The number of rotatable bonds is 4. The molecule has 1 unspecified atom stereocenters. The van der Waals surface area contributed by atoms with E-state index in [-0.39, 0.29) is 11.5 Å². The third-order valence-electron chi connectivity index (χ3n) is 4.59. The molecule has 1 aliphatic rings. The highest BCUT2D eigenvalue weighted by Crippen LogP contribution is 2.22. The van der Waals surface area contributed by atoms with Gasteiger partial charge in [0, 0.05) is 26.1 Å². The summed E-state index contributed by atoms with van der Waals surface area (Å²) in [5.74, 6) is -3.48. The molecule has 2 N–H and O–H groups in total. The number of piperidine rings is 1. The lowest BCUT2D eigenvalue weighted by molar-refractivity contribution is -0.132. The molecule has 0 saturated carbocycles. The lowest BCUT2D eigenvalue weighted by atomic mass is 9.95. The lowest BCUT2D eigenvalue weighted by Crippen LogP contribution is -2.47. The van der Waals surface area contributed by atoms with Crippen molar-refractivity contribution in [3.63, 3.8) is 0 Å². The van der Waals surface area contributed by atoms with Gasteiger partial charge in [0.15, 0.2) is 11.6 Å². The monoisotopic (exact) mass is 411 g/mol. The maximum Gasteiger partial charge on any atom is 0.410 e. The fourth-order valence-corrected chi connectivity index (χ4v) is 3.05. The molecule has 0 aliphatic carbocycles. The Balaban J connectivity index is 2.01. The summed E-state index contributed by atoms with van der Waals surface area (Å²) in [5.41, 5.74) is -0.459. The number of hydrogen-bond acceptors (Lipinski definition) is 4. The molecule has 3 amide bonds. The molecule has 0 bridgehead atoms. The van der Waals surface area contributed by atoms with Crippen molar-refractivity contribution in [1.82, 2.24) is 15.5 Å². The summed E-state index contributed by atoms with van der Waals surface area (Å²) in [5, 5.41) is 5.02. The third-order valence-corrected chi connectivity index (χ3v) is 4.59. The number of carbonyl (C=O) groups is 3.